The lowest BCUT2D eigenvalue weighted by atomic mass is 10.1. The molecule has 0 amide bonds. The molecule has 3 heterocycles. The van der Waals surface area contributed by atoms with E-state index in [4.69, 9.17) is 25.6 Å². The molecule has 1 saturated heterocycles. The highest BCUT2D eigenvalue weighted by atomic mass is 35.5. The van der Waals surface area contributed by atoms with Crippen molar-refractivity contribution in [2.24, 2.45) is 0 Å². The van der Waals surface area contributed by atoms with Crippen molar-refractivity contribution in [3.05, 3.63) is 58.4 Å². The Hall–Kier alpha value is -2.57. The summed E-state index contributed by atoms with van der Waals surface area (Å²) < 4.78 is 16.4. The smallest absolute Gasteiger partial charge is 0.231 e. The van der Waals surface area contributed by atoms with Crippen LogP contribution in [-0.4, -0.2) is 34.9 Å². The van der Waals surface area contributed by atoms with E-state index in [9.17, 15) is 0 Å². The van der Waals surface area contributed by atoms with Crippen LogP contribution >= 0.6 is 11.6 Å². The molecule has 1 aromatic heterocycles. The Kier molecular flexibility index (Phi) is 4.45. The second-order valence-corrected chi connectivity index (χ2v) is 7.70. The molecule has 7 heteroatoms. The largest absolute Gasteiger partial charge is 0.454 e. The molecule has 0 saturated carbocycles. The van der Waals surface area contributed by atoms with E-state index in [0.29, 0.717) is 22.5 Å². The van der Waals surface area contributed by atoms with Crippen LogP contribution in [0.5, 0.6) is 11.5 Å². The first kappa shape index (κ1) is 17.5. The summed E-state index contributed by atoms with van der Waals surface area (Å²) in [6.07, 6.45) is 0.984. The molecule has 0 unspecified atom stereocenters. The maximum Gasteiger partial charge on any atom is 0.231 e. The molecule has 2 aliphatic heterocycles. The van der Waals surface area contributed by atoms with Crippen molar-refractivity contribution < 1.29 is 14.0 Å². The summed E-state index contributed by atoms with van der Waals surface area (Å²) in [6.45, 7) is 4.88. The fourth-order valence-electron chi connectivity index (χ4n) is 3.83. The molecule has 28 heavy (non-hydrogen) atoms. The quantitative estimate of drug-likeness (QED) is 0.649. The van der Waals surface area contributed by atoms with Crippen LogP contribution in [0.4, 0.5) is 0 Å². The van der Waals surface area contributed by atoms with Crippen molar-refractivity contribution in [2.45, 2.75) is 25.8 Å². The first-order valence-corrected chi connectivity index (χ1v) is 9.75. The first-order valence-electron chi connectivity index (χ1n) is 9.37. The number of hydrogen-bond donors (Lipinski definition) is 0. The van der Waals surface area contributed by atoms with Crippen LogP contribution < -0.4 is 9.47 Å². The van der Waals surface area contributed by atoms with Crippen LogP contribution in [-0.2, 0) is 6.54 Å². The van der Waals surface area contributed by atoms with Gasteiger partial charge in [0.15, 0.2) is 11.5 Å². The van der Waals surface area contributed by atoms with Gasteiger partial charge in [0.25, 0.3) is 0 Å². The van der Waals surface area contributed by atoms with E-state index in [2.05, 4.69) is 28.0 Å². The van der Waals surface area contributed by atoms with Gasteiger partial charge in [-0.3, -0.25) is 4.90 Å². The molecule has 5 rings (SSSR count). The second kappa shape index (κ2) is 7.11. The molecule has 1 fully saturated rings. The van der Waals surface area contributed by atoms with Gasteiger partial charge in [0.2, 0.25) is 18.5 Å². The van der Waals surface area contributed by atoms with Gasteiger partial charge in [-0.2, -0.15) is 4.98 Å². The predicted molar refractivity (Wildman–Crippen MR) is 105 cm³/mol. The molecule has 0 bridgehead atoms. The van der Waals surface area contributed by atoms with Crippen molar-refractivity contribution in [3.63, 3.8) is 0 Å². The molecule has 2 aromatic carbocycles. The maximum absolute atomic E-state index is 6.42. The summed E-state index contributed by atoms with van der Waals surface area (Å²) in [6, 6.07) is 11.9. The third-order valence-corrected chi connectivity index (χ3v) is 5.74. The number of benzene rings is 2. The van der Waals surface area contributed by atoms with Gasteiger partial charge in [-0.15, -0.1) is 0 Å². The molecule has 1 atom stereocenters. The zero-order valence-electron chi connectivity index (χ0n) is 15.5. The van der Waals surface area contributed by atoms with Gasteiger partial charge in [0.05, 0.1) is 5.92 Å². The highest BCUT2D eigenvalue weighted by Gasteiger charge is 2.29. The van der Waals surface area contributed by atoms with E-state index in [1.807, 2.05) is 30.3 Å². The minimum Gasteiger partial charge on any atom is -0.454 e. The minimum atomic E-state index is 0.234. The van der Waals surface area contributed by atoms with Crippen molar-refractivity contribution in [3.8, 4) is 22.9 Å². The zero-order chi connectivity index (χ0) is 19.1. The van der Waals surface area contributed by atoms with Gasteiger partial charge in [-0.1, -0.05) is 41.0 Å². The predicted octanol–water partition coefficient (Wildman–Crippen LogP) is 4.42. The van der Waals surface area contributed by atoms with Crippen LogP contribution in [0.15, 0.2) is 40.9 Å². The van der Waals surface area contributed by atoms with E-state index in [1.54, 1.807) is 0 Å². The summed E-state index contributed by atoms with van der Waals surface area (Å²) in [5.74, 6) is 3.07. The lowest BCUT2D eigenvalue weighted by Crippen LogP contribution is -2.20. The highest BCUT2D eigenvalue weighted by molar-refractivity contribution is 6.31. The van der Waals surface area contributed by atoms with E-state index in [-0.39, 0.29) is 12.7 Å². The number of ether oxygens (including phenoxy) is 2. The number of fused-ring (bicyclic) bond motifs is 1. The Bertz CT molecular complexity index is 1020. The molecule has 0 aliphatic carbocycles. The summed E-state index contributed by atoms with van der Waals surface area (Å²) >= 11 is 6.42. The zero-order valence-corrected chi connectivity index (χ0v) is 16.3. The Labute approximate surface area is 168 Å². The number of halogens is 1. The molecule has 2 aliphatic rings. The highest BCUT2D eigenvalue weighted by Crippen LogP contribution is 2.38. The summed E-state index contributed by atoms with van der Waals surface area (Å²) in [5.41, 5.74) is 3.19. The molecule has 0 radical (unpaired) electrons. The van der Waals surface area contributed by atoms with Crippen LogP contribution in [0, 0.1) is 6.92 Å². The lowest BCUT2D eigenvalue weighted by Gasteiger charge is -2.16. The first-order chi connectivity index (χ1) is 13.7. The molecular formula is C21H20ClN3O3. The Morgan fingerprint density at radius 3 is 2.86 bits per heavy atom. The molecule has 0 spiro atoms. The second-order valence-electron chi connectivity index (χ2n) is 7.29. The van der Waals surface area contributed by atoms with E-state index < -0.39 is 0 Å². The van der Waals surface area contributed by atoms with Crippen LogP contribution in [0.25, 0.3) is 11.4 Å². The van der Waals surface area contributed by atoms with Crippen molar-refractivity contribution in [1.82, 2.24) is 15.0 Å². The van der Waals surface area contributed by atoms with Gasteiger partial charge in [0, 0.05) is 29.7 Å². The van der Waals surface area contributed by atoms with Gasteiger partial charge in [-0.05, 0) is 37.1 Å². The Balaban J connectivity index is 1.29. The van der Waals surface area contributed by atoms with E-state index in [1.165, 1.54) is 0 Å². The number of aromatic nitrogens is 2. The van der Waals surface area contributed by atoms with E-state index >= 15 is 0 Å². The van der Waals surface area contributed by atoms with Gasteiger partial charge in [0.1, 0.15) is 0 Å². The van der Waals surface area contributed by atoms with Crippen molar-refractivity contribution in [1.29, 1.82) is 0 Å². The average Bonchev–Trinajstić information content (AvgIpc) is 3.42. The van der Waals surface area contributed by atoms with Crippen molar-refractivity contribution >= 4 is 11.6 Å². The number of nitrogens with zero attached hydrogens (tertiary/aromatic N) is 3. The topological polar surface area (TPSA) is 60.6 Å². The normalized spacial score (nSPS) is 18.7. The third kappa shape index (κ3) is 3.23. The van der Waals surface area contributed by atoms with Crippen molar-refractivity contribution in [2.75, 3.05) is 19.9 Å². The Morgan fingerprint density at radius 2 is 2.00 bits per heavy atom. The summed E-state index contributed by atoms with van der Waals surface area (Å²) in [7, 11) is 0. The molecular weight excluding hydrogens is 378 g/mol. The number of aryl methyl sites for hydroxylation is 1. The van der Waals surface area contributed by atoms with Gasteiger partial charge >= 0.3 is 0 Å². The SMILES string of the molecule is Cc1ccccc1-c1noc([C@H]2CCN(Cc3cc4c(cc3Cl)OCO4)C2)n1. The van der Waals surface area contributed by atoms with Gasteiger partial charge in [-0.25, -0.2) is 0 Å². The maximum atomic E-state index is 6.42. The average molecular weight is 398 g/mol. The lowest BCUT2D eigenvalue weighted by molar-refractivity contribution is 0.174. The molecule has 3 aromatic rings. The molecule has 0 N–H and O–H groups in total. The number of hydrogen-bond acceptors (Lipinski definition) is 6. The summed E-state index contributed by atoms with van der Waals surface area (Å²) in [5, 5.41) is 4.90. The van der Waals surface area contributed by atoms with Crippen LogP contribution in [0.2, 0.25) is 5.02 Å². The standard InChI is InChI=1S/C21H20ClN3O3/c1-13-4-2-3-5-16(13)20-23-21(28-24-20)14-6-7-25(10-14)11-15-8-18-19(9-17(15)22)27-12-26-18/h2-5,8-9,14H,6-7,10-12H2,1H3/t14-/m0/s1. The monoisotopic (exact) mass is 397 g/mol. The molecule has 144 valence electrons. The van der Waals surface area contributed by atoms with Gasteiger partial charge < -0.3 is 14.0 Å². The molecule has 6 nitrogen and oxygen atoms in total. The van der Waals surface area contributed by atoms with Crippen LogP contribution in [0.3, 0.4) is 0 Å². The Morgan fingerprint density at radius 1 is 1.18 bits per heavy atom. The van der Waals surface area contributed by atoms with E-state index in [0.717, 1.165) is 48.5 Å². The minimum absolute atomic E-state index is 0.234. The van der Waals surface area contributed by atoms with Crippen LogP contribution in [0.1, 0.15) is 29.4 Å². The fourth-order valence-corrected chi connectivity index (χ4v) is 4.05. The third-order valence-electron chi connectivity index (χ3n) is 5.38. The number of likely N-dealkylation sites (tertiary alicyclic amines) is 1. The number of rotatable bonds is 4. The fraction of sp³-hybridized carbons (Fsp3) is 0.333. The summed E-state index contributed by atoms with van der Waals surface area (Å²) in [4.78, 5) is 7.02.